The van der Waals surface area contributed by atoms with Crippen LogP contribution in [-0.2, 0) is 16.0 Å². The number of piperazine rings is 1. The highest BCUT2D eigenvalue weighted by Gasteiger charge is 2.32. The monoisotopic (exact) mass is 341 g/mol. The topological polar surface area (TPSA) is 69.7 Å². The van der Waals surface area contributed by atoms with Gasteiger partial charge in [-0.25, -0.2) is 0 Å². The molecule has 6 heteroatoms. The van der Waals surface area contributed by atoms with Gasteiger partial charge in [0, 0.05) is 49.8 Å². The summed E-state index contributed by atoms with van der Waals surface area (Å²) in [5.41, 5.74) is 2.49. The van der Waals surface area contributed by atoms with E-state index in [0.29, 0.717) is 44.6 Å². The van der Waals surface area contributed by atoms with E-state index >= 15 is 0 Å². The number of fused-ring (bicyclic) bond motifs is 1. The Morgan fingerprint density at radius 1 is 1.00 bits per heavy atom. The number of rotatable bonds is 2. The third kappa shape index (κ3) is 3.13. The largest absolute Gasteiger partial charge is 0.339 e. The van der Waals surface area contributed by atoms with Crippen molar-refractivity contribution in [3.05, 3.63) is 29.3 Å². The number of hydrogen-bond donors (Lipinski definition) is 1. The number of hydrogen-bond acceptors (Lipinski definition) is 3. The first-order valence-electron chi connectivity index (χ1n) is 9.12. The second-order valence-corrected chi connectivity index (χ2v) is 7.17. The molecule has 0 unspecified atom stereocenters. The second-order valence-electron chi connectivity index (χ2n) is 7.17. The van der Waals surface area contributed by atoms with E-state index in [1.807, 2.05) is 21.9 Å². The summed E-state index contributed by atoms with van der Waals surface area (Å²) in [6.07, 6.45) is 4.33. The highest BCUT2D eigenvalue weighted by atomic mass is 16.2. The maximum atomic E-state index is 12.8. The molecule has 0 aromatic heterocycles. The molecule has 2 fully saturated rings. The minimum Gasteiger partial charge on any atom is -0.339 e. The van der Waals surface area contributed by atoms with E-state index in [1.54, 1.807) is 6.07 Å². The van der Waals surface area contributed by atoms with Crippen LogP contribution >= 0.6 is 0 Å². The lowest BCUT2D eigenvalue weighted by atomic mass is 9.84. The van der Waals surface area contributed by atoms with Gasteiger partial charge in [0.25, 0.3) is 5.91 Å². The van der Waals surface area contributed by atoms with Crippen molar-refractivity contribution in [2.45, 2.75) is 32.1 Å². The van der Waals surface area contributed by atoms with Crippen LogP contribution in [0.15, 0.2) is 18.2 Å². The normalized spacial score (nSPS) is 20.6. The Balaban J connectivity index is 1.39. The van der Waals surface area contributed by atoms with Gasteiger partial charge in [-0.3, -0.25) is 14.4 Å². The van der Waals surface area contributed by atoms with Crippen LogP contribution in [0.25, 0.3) is 0 Å². The first-order chi connectivity index (χ1) is 12.1. The Bertz CT molecular complexity index is 719. The van der Waals surface area contributed by atoms with Crippen molar-refractivity contribution in [3.8, 4) is 0 Å². The van der Waals surface area contributed by atoms with Crippen LogP contribution in [0.4, 0.5) is 5.69 Å². The molecule has 2 heterocycles. The van der Waals surface area contributed by atoms with E-state index in [9.17, 15) is 14.4 Å². The molecule has 0 radical (unpaired) electrons. The number of aryl methyl sites for hydroxylation is 1. The lowest BCUT2D eigenvalue weighted by Crippen LogP contribution is -2.52. The first kappa shape index (κ1) is 16.1. The van der Waals surface area contributed by atoms with Gasteiger partial charge in [-0.15, -0.1) is 0 Å². The van der Waals surface area contributed by atoms with Gasteiger partial charge in [-0.1, -0.05) is 6.42 Å². The minimum absolute atomic E-state index is 0.00967. The smallest absolute Gasteiger partial charge is 0.253 e. The number of amides is 3. The van der Waals surface area contributed by atoms with E-state index in [0.717, 1.165) is 30.5 Å². The van der Waals surface area contributed by atoms with Crippen LogP contribution in [0.3, 0.4) is 0 Å². The standard InChI is InChI=1S/C19H23N3O3/c23-17-7-5-14-12-15(4-6-16(14)20-17)19(25)22-10-8-21(9-11-22)18(24)13-2-1-3-13/h4,6,12-13H,1-3,5,7-11H2,(H,20,23). The molecular weight excluding hydrogens is 318 g/mol. The van der Waals surface area contributed by atoms with Gasteiger partial charge < -0.3 is 15.1 Å². The molecule has 0 spiro atoms. The molecule has 1 saturated heterocycles. The summed E-state index contributed by atoms with van der Waals surface area (Å²) in [4.78, 5) is 40.2. The van der Waals surface area contributed by atoms with Crippen molar-refractivity contribution < 1.29 is 14.4 Å². The molecule has 1 saturated carbocycles. The fraction of sp³-hybridized carbons (Fsp3) is 0.526. The van der Waals surface area contributed by atoms with Crippen molar-refractivity contribution in [1.29, 1.82) is 0 Å². The van der Waals surface area contributed by atoms with Crippen molar-refractivity contribution in [2.24, 2.45) is 5.92 Å². The van der Waals surface area contributed by atoms with Crippen LogP contribution in [0.2, 0.25) is 0 Å². The molecule has 1 N–H and O–H groups in total. The van der Waals surface area contributed by atoms with Gasteiger partial charge >= 0.3 is 0 Å². The lowest BCUT2D eigenvalue weighted by molar-refractivity contribution is -0.139. The fourth-order valence-electron chi connectivity index (χ4n) is 3.74. The fourth-order valence-corrected chi connectivity index (χ4v) is 3.74. The zero-order chi connectivity index (χ0) is 17.4. The van der Waals surface area contributed by atoms with E-state index < -0.39 is 0 Å². The Labute approximate surface area is 147 Å². The van der Waals surface area contributed by atoms with Gasteiger partial charge in [-0.05, 0) is 43.0 Å². The Kier molecular flexibility index (Phi) is 4.19. The average Bonchev–Trinajstić information content (AvgIpc) is 2.59. The molecule has 1 aliphatic carbocycles. The number of carbonyl (C=O) groups excluding carboxylic acids is 3. The van der Waals surface area contributed by atoms with Crippen molar-refractivity contribution in [1.82, 2.24) is 9.80 Å². The summed E-state index contributed by atoms with van der Waals surface area (Å²) in [6, 6.07) is 5.48. The summed E-state index contributed by atoms with van der Waals surface area (Å²) in [6.45, 7) is 2.43. The summed E-state index contributed by atoms with van der Waals surface area (Å²) in [5, 5.41) is 2.84. The van der Waals surface area contributed by atoms with Crippen LogP contribution in [-0.4, -0.2) is 53.7 Å². The zero-order valence-corrected chi connectivity index (χ0v) is 14.3. The van der Waals surface area contributed by atoms with E-state index in [2.05, 4.69) is 5.32 Å². The molecule has 6 nitrogen and oxygen atoms in total. The van der Waals surface area contributed by atoms with Crippen LogP contribution < -0.4 is 5.32 Å². The molecule has 4 rings (SSSR count). The third-order valence-electron chi connectivity index (χ3n) is 5.58. The first-order valence-corrected chi connectivity index (χ1v) is 9.12. The maximum absolute atomic E-state index is 12.8. The molecule has 132 valence electrons. The highest BCUT2D eigenvalue weighted by Crippen LogP contribution is 2.29. The quantitative estimate of drug-likeness (QED) is 0.889. The number of benzene rings is 1. The van der Waals surface area contributed by atoms with Gasteiger partial charge in [0.2, 0.25) is 11.8 Å². The lowest BCUT2D eigenvalue weighted by Gasteiger charge is -2.38. The van der Waals surface area contributed by atoms with Gasteiger partial charge in [0.1, 0.15) is 0 Å². The molecular formula is C19H23N3O3. The molecule has 3 aliphatic rings. The van der Waals surface area contributed by atoms with Crippen LogP contribution in [0.1, 0.15) is 41.6 Å². The van der Waals surface area contributed by atoms with Gasteiger partial charge in [0.05, 0.1) is 0 Å². The van der Waals surface area contributed by atoms with E-state index in [-0.39, 0.29) is 23.6 Å². The number of nitrogens with zero attached hydrogens (tertiary/aromatic N) is 2. The molecule has 2 aliphatic heterocycles. The SMILES string of the molecule is O=C1CCc2cc(C(=O)N3CCN(C(=O)C4CCC4)CC3)ccc2N1. The Morgan fingerprint density at radius 2 is 1.72 bits per heavy atom. The van der Waals surface area contributed by atoms with Crippen LogP contribution in [0, 0.1) is 5.92 Å². The van der Waals surface area contributed by atoms with Crippen molar-refractivity contribution in [2.75, 3.05) is 31.5 Å². The van der Waals surface area contributed by atoms with Crippen molar-refractivity contribution >= 4 is 23.4 Å². The Morgan fingerprint density at radius 3 is 2.40 bits per heavy atom. The summed E-state index contributed by atoms with van der Waals surface area (Å²) >= 11 is 0. The predicted molar refractivity (Wildman–Crippen MR) is 93.2 cm³/mol. The molecule has 0 bridgehead atoms. The third-order valence-corrected chi connectivity index (χ3v) is 5.58. The molecule has 3 amide bonds. The van der Waals surface area contributed by atoms with Gasteiger partial charge in [-0.2, -0.15) is 0 Å². The van der Waals surface area contributed by atoms with Crippen molar-refractivity contribution in [3.63, 3.8) is 0 Å². The summed E-state index contributed by atoms with van der Waals surface area (Å²) in [7, 11) is 0. The average molecular weight is 341 g/mol. The van der Waals surface area contributed by atoms with E-state index in [4.69, 9.17) is 0 Å². The predicted octanol–water partition coefficient (Wildman–Crippen LogP) is 1.66. The van der Waals surface area contributed by atoms with Crippen LogP contribution in [0.5, 0.6) is 0 Å². The van der Waals surface area contributed by atoms with E-state index in [1.165, 1.54) is 0 Å². The number of nitrogens with one attached hydrogen (secondary N) is 1. The Hall–Kier alpha value is -2.37. The van der Waals surface area contributed by atoms with Gasteiger partial charge in [0.15, 0.2) is 0 Å². The number of carbonyl (C=O) groups is 3. The maximum Gasteiger partial charge on any atom is 0.253 e. The molecule has 1 aromatic rings. The number of anilines is 1. The summed E-state index contributed by atoms with van der Waals surface area (Å²) in [5.74, 6) is 0.523. The summed E-state index contributed by atoms with van der Waals surface area (Å²) < 4.78 is 0. The molecule has 25 heavy (non-hydrogen) atoms. The molecule has 0 atom stereocenters. The molecule has 1 aromatic carbocycles. The highest BCUT2D eigenvalue weighted by molar-refractivity contribution is 5.98. The minimum atomic E-state index is 0.00967. The zero-order valence-electron chi connectivity index (χ0n) is 14.3. The second kappa shape index (κ2) is 6.50.